The number of nitrogen functional groups attached to an aromatic ring is 1. The molecule has 0 saturated carbocycles. The summed E-state index contributed by atoms with van der Waals surface area (Å²) in [6.45, 7) is 0.415. The molecule has 1 unspecified atom stereocenters. The largest absolute Gasteiger partial charge is 0.396 e. The smallest absolute Gasteiger partial charge is 0.0962 e. The highest BCUT2D eigenvalue weighted by atomic mass is 35.5. The van der Waals surface area contributed by atoms with Crippen molar-refractivity contribution in [1.82, 2.24) is 4.98 Å². The highest BCUT2D eigenvalue weighted by Crippen LogP contribution is 2.18. The molecule has 0 amide bonds. The Morgan fingerprint density at radius 3 is 2.47 bits per heavy atom. The number of aliphatic hydroxyl groups excluding tert-OH is 1. The third-order valence-corrected chi connectivity index (χ3v) is 2.52. The molecule has 1 atom stereocenters. The van der Waals surface area contributed by atoms with E-state index in [1.807, 2.05) is 30.3 Å². The molecule has 0 bridgehead atoms. The van der Waals surface area contributed by atoms with E-state index in [0.29, 0.717) is 12.2 Å². The highest BCUT2D eigenvalue weighted by molar-refractivity contribution is 5.85. The molecule has 1 aromatic carbocycles. The SMILES string of the molecule is Cl.Cl.Nc1cnccc1NCC(O)c1ccccc1. The van der Waals surface area contributed by atoms with Crippen LogP contribution < -0.4 is 11.1 Å². The maximum absolute atomic E-state index is 9.95. The van der Waals surface area contributed by atoms with Gasteiger partial charge in [-0.3, -0.25) is 4.98 Å². The van der Waals surface area contributed by atoms with Gasteiger partial charge in [0.15, 0.2) is 0 Å². The van der Waals surface area contributed by atoms with Gasteiger partial charge in [0.25, 0.3) is 0 Å². The summed E-state index contributed by atoms with van der Waals surface area (Å²) >= 11 is 0. The standard InChI is InChI=1S/C13H15N3O.2ClH/c14-11-8-15-7-6-12(11)16-9-13(17)10-4-2-1-3-5-10;;/h1-8,13,17H,9,14H2,(H,15,16);2*1H. The summed E-state index contributed by atoms with van der Waals surface area (Å²) in [5.41, 5.74) is 7.98. The second kappa shape index (κ2) is 8.58. The van der Waals surface area contributed by atoms with Gasteiger partial charge < -0.3 is 16.2 Å². The number of pyridine rings is 1. The van der Waals surface area contributed by atoms with Crippen molar-refractivity contribution >= 4 is 36.2 Å². The lowest BCUT2D eigenvalue weighted by molar-refractivity contribution is 0.191. The molecule has 0 aliphatic carbocycles. The Labute approximate surface area is 124 Å². The number of anilines is 2. The maximum Gasteiger partial charge on any atom is 0.0962 e. The van der Waals surface area contributed by atoms with Crippen LogP contribution in [0.2, 0.25) is 0 Å². The molecule has 6 heteroatoms. The first-order valence-corrected chi connectivity index (χ1v) is 5.44. The van der Waals surface area contributed by atoms with Crippen molar-refractivity contribution in [1.29, 1.82) is 0 Å². The Morgan fingerprint density at radius 2 is 1.84 bits per heavy atom. The van der Waals surface area contributed by atoms with Crippen LogP contribution in [0.25, 0.3) is 0 Å². The van der Waals surface area contributed by atoms with Crippen molar-refractivity contribution in [3.63, 3.8) is 0 Å². The molecule has 0 saturated heterocycles. The molecule has 1 aromatic heterocycles. The average molecular weight is 302 g/mol. The van der Waals surface area contributed by atoms with E-state index in [-0.39, 0.29) is 24.8 Å². The number of halogens is 2. The van der Waals surface area contributed by atoms with Crippen LogP contribution in [0.3, 0.4) is 0 Å². The number of hydrogen-bond acceptors (Lipinski definition) is 4. The first kappa shape index (κ1) is 17.5. The number of nitrogens with zero attached hydrogens (tertiary/aromatic N) is 1. The van der Waals surface area contributed by atoms with Gasteiger partial charge in [-0.1, -0.05) is 30.3 Å². The van der Waals surface area contributed by atoms with Gasteiger partial charge in [0, 0.05) is 12.7 Å². The number of nitrogens with two attached hydrogens (primary N) is 1. The van der Waals surface area contributed by atoms with Crippen molar-refractivity contribution in [3.05, 3.63) is 54.4 Å². The average Bonchev–Trinajstić information content (AvgIpc) is 2.38. The highest BCUT2D eigenvalue weighted by Gasteiger charge is 2.07. The second-order valence-electron chi connectivity index (χ2n) is 3.77. The lowest BCUT2D eigenvalue weighted by Crippen LogP contribution is -2.13. The molecule has 0 fully saturated rings. The fourth-order valence-corrected chi connectivity index (χ4v) is 1.57. The van der Waals surface area contributed by atoms with Crippen molar-refractivity contribution < 1.29 is 5.11 Å². The molecular formula is C13H17Cl2N3O. The molecule has 4 N–H and O–H groups in total. The zero-order valence-corrected chi connectivity index (χ0v) is 11.8. The van der Waals surface area contributed by atoms with Crippen LogP contribution in [0.5, 0.6) is 0 Å². The summed E-state index contributed by atoms with van der Waals surface area (Å²) in [7, 11) is 0. The predicted octanol–water partition coefficient (Wildman–Crippen LogP) is 2.65. The zero-order chi connectivity index (χ0) is 12.1. The fourth-order valence-electron chi connectivity index (χ4n) is 1.57. The minimum atomic E-state index is -0.552. The van der Waals surface area contributed by atoms with E-state index in [1.54, 1.807) is 18.5 Å². The lowest BCUT2D eigenvalue weighted by Gasteiger charge is -2.14. The Balaban J connectivity index is 0.00000162. The number of aliphatic hydroxyl groups is 1. The minimum absolute atomic E-state index is 0. The van der Waals surface area contributed by atoms with Crippen LogP contribution in [0, 0.1) is 0 Å². The lowest BCUT2D eigenvalue weighted by atomic mass is 10.1. The van der Waals surface area contributed by atoms with Crippen molar-refractivity contribution in [3.8, 4) is 0 Å². The summed E-state index contributed by atoms with van der Waals surface area (Å²) in [4.78, 5) is 3.90. The van der Waals surface area contributed by atoms with E-state index in [1.165, 1.54) is 0 Å². The van der Waals surface area contributed by atoms with E-state index in [4.69, 9.17) is 5.73 Å². The predicted molar refractivity (Wildman–Crippen MR) is 83.0 cm³/mol. The van der Waals surface area contributed by atoms with Crippen molar-refractivity contribution in [2.75, 3.05) is 17.6 Å². The van der Waals surface area contributed by atoms with Gasteiger partial charge in [-0.25, -0.2) is 0 Å². The van der Waals surface area contributed by atoms with Crippen molar-refractivity contribution in [2.45, 2.75) is 6.10 Å². The Hall–Kier alpha value is -1.49. The summed E-state index contributed by atoms with van der Waals surface area (Å²) in [5.74, 6) is 0. The van der Waals surface area contributed by atoms with E-state index < -0.39 is 6.10 Å². The van der Waals surface area contributed by atoms with E-state index in [9.17, 15) is 5.11 Å². The third kappa shape index (κ3) is 4.95. The molecule has 1 heterocycles. The Morgan fingerprint density at radius 1 is 1.16 bits per heavy atom. The van der Waals surface area contributed by atoms with Gasteiger partial charge >= 0.3 is 0 Å². The Kier molecular flexibility index (Phi) is 7.91. The van der Waals surface area contributed by atoms with Gasteiger partial charge in [0.2, 0.25) is 0 Å². The van der Waals surface area contributed by atoms with Crippen LogP contribution in [-0.4, -0.2) is 16.6 Å². The topological polar surface area (TPSA) is 71.2 Å². The number of benzene rings is 1. The number of rotatable bonds is 4. The molecule has 2 aromatic rings. The first-order valence-electron chi connectivity index (χ1n) is 5.44. The van der Waals surface area contributed by atoms with E-state index in [2.05, 4.69) is 10.3 Å². The van der Waals surface area contributed by atoms with Crippen LogP contribution in [0.1, 0.15) is 11.7 Å². The zero-order valence-electron chi connectivity index (χ0n) is 10.2. The minimum Gasteiger partial charge on any atom is -0.396 e. The monoisotopic (exact) mass is 301 g/mol. The van der Waals surface area contributed by atoms with Gasteiger partial charge in [-0.05, 0) is 11.6 Å². The van der Waals surface area contributed by atoms with Crippen LogP contribution in [-0.2, 0) is 0 Å². The summed E-state index contributed by atoms with van der Waals surface area (Å²) < 4.78 is 0. The first-order chi connectivity index (χ1) is 8.27. The van der Waals surface area contributed by atoms with Crippen LogP contribution in [0.4, 0.5) is 11.4 Å². The normalized spacial score (nSPS) is 10.8. The van der Waals surface area contributed by atoms with Crippen LogP contribution in [0.15, 0.2) is 48.8 Å². The molecule has 2 rings (SSSR count). The quantitative estimate of drug-likeness (QED) is 0.812. The summed E-state index contributed by atoms with van der Waals surface area (Å²) in [5, 5.41) is 13.0. The van der Waals surface area contributed by atoms with Gasteiger partial charge in [0.1, 0.15) is 0 Å². The molecule has 0 spiro atoms. The van der Waals surface area contributed by atoms with Crippen molar-refractivity contribution in [2.24, 2.45) is 0 Å². The number of aromatic nitrogens is 1. The molecular weight excluding hydrogens is 285 g/mol. The molecule has 104 valence electrons. The fraction of sp³-hybridized carbons (Fsp3) is 0.154. The molecule has 0 radical (unpaired) electrons. The Bertz CT molecular complexity index is 482. The van der Waals surface area contributed by atoms with Gasteiger partial charge in [-0.2, -0.15) is 0 Å². The molecule has 0 aliphatic heterocycles. The number of hydrogen-bond donors (Lipinski definition) is 3. The van der Waals surface area contributed by atoms with Crippen LogP contribution >= 0.6 is 24.8 Å². The third-order valence-electron chi connectivity index (χ3n) is 2.52. The van der Waals surface area contributed by atoms with Gasteiger partial charge in [-0.15, -0.1) is 24.8 Å². The second-order valence-corrected chi connectivity index (χ2v) is 3.77. The van der Waals surface area contributed by atoms with E-state index in [0.717, 1.165) is 11.3 Å². The molecule has 19 heavy (non-hydrogen) atoms. The summed E-state index contributed by atoms with van der Waals surface area (Å²) in [6.07, 6.45) is 2.69. The van der Waals surface area contributed by atoms with E-state index >= 15 is 0 Å². The molecule has 0 aliphatic rings. The maximum atomic E-state index is 9.95. The number of nitrogens with one attached hydrogen (secondary N) is 1. The molecule has 4 nitrogen and oxygen atoms in total. The summed E-state index contributed by atoms with van der Waals surface area (Å²) in [6, 6.07) is 11.3. The van der Waals surface area contributed by atoms with Gasteiger partial charge in [0.05, 0.1) is 23.7 Å².